The second kappa shape index (κ2) is 6.94. The first kappa shape index (κ1) is 16.7. The molecule has 2 aromatic rings. The highest BCUT2D eigenvalue weighted by Crippen LogP contribution is 2.30. The maximum absolute atomic E-state index is 13.2. The van der Waals surface area contributed by atoms with Gasteiger partial charge in [-0.25, -0.2) is 4.98 Å². The summed E-state index contributed by atoms with van der Waals surface area (Å²) in [5.74, 6) is 0.731. The summed E-state index contributed by atoms with van der Waals surface area (Å²) >= 11 is 0. The summed E-state index contributed by atoms with van der Waals surface area (Å²) in [4.78, 5) is 24.7. The molecule has 6 nitrogen and oxygen atoms in total. The summed E-state index contributed by atoms with van der Waals surface area (Å²) in [6.45, 7) is 7.30. The number of aromatic nitrogens is 1. The van der Waals surface area contributed by atoms with Gasteiger partial charge in [-0.3, -0.25) is 14.6 Å². The third kappa shape index (κ3) is 3.09. The van der Waals surface area contributed by atoms with Crippen molar-refractivity contribution in [2.75, 3.05) is 56.0 Å². The molecule has 0 saturated carbocycles. The van der Waals surface area contributed by atoms with Crippen molar-refractivity contribution >= 4 is 17.4 Å². The maximum atomic E-state index is 13.2. The topological polar surface area (TPSA) is 51.7 Å². The summed E-state index contributed by atoms with van der Waals surface area (Å²) in [5, 5.41) is 3.47. The summed E-state index contributed by atoms with van der Waals surface area (Å²) in [5.41, 5.74) is 2.93. The number of para-hydroxylation sites is 1. The van der Waals surface area contributed by atoms with E-state index in [0.717, 1.165) is 44.8 Å². The van der Waals surface area contributed by atoms with Gasteiger partial charge < -0.3 is 10.2 Å². The SMILES string of the molecule is O=C(c1cccnc1NCC1CN2CCN1CC2)N1CCc2ccccc21. The van der Waals surface area contributed by atoms with Crippen LogP contribution in [-0.2, 0) is 6.42 Å². The Hall–Kier alpha value is -2.44. The molecule has 27 heavy (non-hydrogen) atoms. The Morgan fingerprint density at radius 3 is 2.74 bits per heavy atom. The zero-order valence-electron chi connectivity index (χ0n) is 15.5. The van der Waals surface area contributed by atoms with E-state index in [-0.39, 0.29) is 5.91 Å². The summed E-state index contributed by atoms with van der Waals surface area (Å²) in [6.07, 6.45) is 2.67. The van der Waals surface area contributed by atoms with Crippen LogP contribution < -0.4 is 10.2 Å². The van der Waals surface area contributed by atoms with Gasteiger partial charge in [-0.1, -0.05) is 18.2 Å². The zero-order chi connectivity index (χ0) is 18.2. The number of benzene rings is 1. The van der Waals surface area contributed by atoms with Crippen LogP contribution in [0.5, 0.6) is 0 Å². The zero-order valence-corrected chi connectivity index (χ0v) is 15.5. The molecule has 0 radical (unpaired) electrons. The standard InChI is InChI=1S/C21H25N5O/c27-21(26-9-7-16-4-1-2-6-19(16)26)18-5-3-8-22-20(18)23-14-17-15-24-10-12-25(17)13-11-24/h1-6,8,17H,7,9-15H2,(H,22,23). The van der Waals surface area contributed by atoms with Crippen molar-refractivity contribution in [3.8, 4) is 0 Å². The lowest BCUT2D eigenvalue weighted by Gasteiger charge is -2.47. The van der Waals surface area contributed by atoms with E-state index >= 15 is 0 Å². The van der Waals surface area contributed by atoms with Crippen molar-refractivity contribution < 1.29 is 4.79 Å². The van der Waals surface area contributed by atoms with Crippen LogP contribution in [0.15, 0.2) is 42.6 Å². The fourth-order valence-corrected chi connectivity index (χ4v) is 4.55. The number of nitrogens with one attached hydrogen (secondary N) is 1. The van der Waals surface area contributed by atoms with Crippen LogP contribution in [0.3, 0.4) is 0 Å². The largest absolute Gasteiger partial charge is 0.368 e. The van der Waals surface area contributed by atoms with Crippen molar-refractivity contribution in [1.82, 2.24) is 14.8 Å². The van der Waals surface area contributed by atoms with Gasteiger partial charge in [-0.2, -0.15) is 0 Å². The number of piperazine rings is 3. The van der Waals surface area contributed by atoms with Crippen LogP contribution in [0.2, 0.25) is 0 Å². The number of hydrogen-bond donors (Lipinski definition) is 1. The fourth-order valence-electron chi connectivity index (χ4n) is 4.55. The molecule has 1 aromatic heterocycles. The lowest BCUT2D eigenvalue weighted by molar-refractivity contribution is 0.0189. The molecule has 4 aliphatic heterocycles. The van der Waals surface area contributed by atoms with Crippen molar-refractivity contribution in [3.05, 3.63) is 53.7 Å². The molecule has 5 heterocycles. The molecule has 1 amide bonds. The number of hydrogen-bond acceptors (Lipinski definition) is 5. The van der Waals surface area contributed by atoms with Gasteiger partial charge in [0.1, 0.15) is 5.82 Å². The number of amides is 1. The number of pyridine rings is 1. The third-order valence-corrected chi connectivity index (χ3v) is 6.07. The molecule has 6 heteroatoms. The summed E-state index contributed by atoms with van der Waals surface area (Å²) in [6, 6.07) is 12.4. The van der Waals surface area contributed by atoms with Crippen molar-refractivity contribution in [1.29, 1.82) is 0 Å². The Morgan fingerprint density at radius 1 is 1.07 bits per heavy atom. The monoisotopic (exact) mass is 363 g/mol. The number of anilines is 2. The highest BCUT2D eigenvalue weighted by Gasteiger charge is 2.32. The van der Waals surface area contributed by atoms with Gasteiger partial charge in [0.15, 0.2) is 0 Å². The van der Waals surface area contributed by atoms with Gasteiger partial charge in [0.25, 0.3) is 5.91 Å². The number of nitrogens with zero attached hydrogens (tertiary/aromatic N) is 4. The highest BCUT2D eigenvalue weighted by molar-refractivity contribution is 6.10. The number of carbonyl (C=O) groups excluding carboxylic acids is 1. The summed E-state index contributed by atoms with van der Waals surface area (Å²) < 4.78 is 0. The van der Waals surface area contributed by atoms with Gasteiger partial charge in [0, 0.05) is 63.7 Å². The molecule has 0 aliphatic carbocycles. The van der Waals surface area contributed by atoms with Crippen LogP contribution in [0.1, 0.15) is 15.9 Å². The van der Waals surface area contributed by atoms with E-state index in [1.54, 1.807) is 6.20 Å². The van der Waals surface area contributed by atoms with E-state index < -0.39 is 0 Å². The Kier molecular flexibility index (Phi) is 4.30. The van der Waals surface area contributed by atoms with Gasteiger partial charge in [-0.15, -0.1) is 0 Å². The molecule has 6 rings (SSSR count). The van der Waals surface area contributed by atoms with E-state index in [2.05, 4.69) is 26.2 Å². The maximum Gasteiger partial charge on any atom is 0.262 e. The second-order valence-electron chi connectivity index (χ2n) is 7.61. The molecule has 1 aromatic carbocycles. The fraction of sp³-hybridized carbons (Fsp3) is 0.429. The number of carbonyl (C=O) groups is 1. The van der Waals surface area contributed by atoms with Crippen LogP contribution in [-0.4, -0.2) is 72.5 Å². The molecule has 2 bridgehead atoms. The smallest absolute Gasteiger partial charge is 0.262 e. The predicted octanol–water partition coefficient (Wildman–Crippen LogP) is 1.70. The molecule has 1 atom stereocenters. The first-order valence-corrected chi connectivity index (χ1v) is 9.85. The van der Waals surface area contributed by atoms with Crippen molar-refractivity contribution in [3.63, 3.8) is 0 Å². The minimum Gasteiger partial charge on any atom is -0.368 e. The molecule has 0 spiro atoms. The Balaban J connectivity index is 1.33. The molecule has 1 unspecified atom stereocenters. The minimum absolute atomic E-state index is 0.0322. The van der Waals surface area contributed by atoms with Gasteiger partial charge in [0.2, 0.25) is 0 Å². The molecule has 4 aliphatic rings. The van der Waals surface area contributed by atoms with E-state index in [0.29, 0.717) is 17.4 Å². The average Bonchev–Trinajstić information content (AvgIpc) is 3.17. The third-order valence-electron chi connectivity index (χ3n) is 6.07. The summed E-state index contributed by atoms with van der Waals surface area (Å²) in [7, 11) is 0. The highest BCUT2D eigenvalue weighted by atomic mass is 16.2. The first-order valence-electron chi connectivity index (χ1n) is 9.85. The van der Waals surface area contributed by atoms with Crippen LogP contribution in [0.4, 0.5) is 11.5 Å². The average molecular weight is 363 g/mol. The first-order chi connectivity index (χ1) is 13.3. The van der Waals surface area contributed by atoms with Gasteiger partial charge in [0.05, 0.1) is 5.56 Å². The Labute approximate surface area is 159 Å². The number of fused-ring (bicyclic) bond motifs is 4. The normalized spacial score (nSPS) is 26.1. The Morgan fingerprint density at radius 2 is 1.93 bits per heavy atom. The van der Waals surface area contributed by atoms with Crippen molar-refractivity contribution in [2.24, 2.45) is 0 Å². The van der Waals surface area contributed by atoms with E-state index in [1.807, 2.05) is 35.2 Å². The lowest BCUT2D eigenvalue weighted by Crippen LogP contribution is -2.62. The van der Waals surface area contributed by atoms with Crippen molar-refractivity contribution in [2.45, 2.75) is 12.5 Å². The predicted molar refractivity (Wildman–Crippen MR) is 106 cm³/mol. The quantitative estimate of drug-likeness (QED) is 0.896. The van der Waals surface area contributed by atoms with E-state index in [9.17, 15) is 4.79 Å². The lowest BCUT2D eigenvalue weighted by atomic mass is 10.1. The number of rotatable bonds is 4. The molecule has 140 valence electrons. The molecular weight excluding hydrogens is 338 g/mol. The second-order valence-corrected chi connectivity index (χ2v) is 7.61. The minimum atomic E-state index is 0.0322. The van der Waals surface area contributed by atoms with Crippen LogP contribution >= 0.6 is 0 Å². The van der Waals surface area contributed by atoms with E-state index in [4.69, 9.17) is 0 Å². The van der Waals surface area contributed by atoms with Crippen LogP contribution in [0, 0.1) is 0 Å². The molecule has 3 saturated heterocycles. The molecule has 3 fully saturated rings. The van der Waals surface area contributed by atoms with Gasteiger partial charge >= 0.3 is 0 Å². The molecular formula is C21H25N5O. The van der Waals surface area contributed by atoms with Gasteiger partial charge in [-0.05, 0) is 30.2 Å². The Bertz CT molecular complexity index is 846. The van der Waals surface area contributed by atoms with E-state index in [1.165, 1.54) is 18.7 Å². The van der Waals surface area contributed by atoms with Crippen LogP contribution in [0.25, 0.3) is 0 Å². The molecule has 1 N–H and O–H groups in total.